The van der Waals surface area contributed by atoms with E-state index in [4.69, 9.17) is 4.74 Å². The first-order valence-electron chi connectivity index (χ1n) is 7.42. The first-order chi connectivity index (χ1) is 9.16. The van der Waals surface area contributed by atoms with Crippen LogP contribution in [-0.4, -0.2) is 32.0 Å². The number of methoxy groups -OCH3 is 1. The third-order valence-electron chi connectivity index (χ3n) is 3.06. The van der Waals surface area contributed by atoms with E-state index in [1.54, 1.807) is 7.11 Å². The summed E-state index contributed by atoms with van der Waals surface area (Å²) in [5.41, 5.74) is 0. The summed E-state index contributed by atoms with van der Waals surface area (Å²) in [6.07, 6.45) is 8.77. The molecule has 0 atom stereocenters. The van der Waals surface area contributed by atoms with Crippen LogP contribution in [0.5, 0.6) is 0 Å². The zero-order chi connectivity index (χ0) is 14.3. The first-order valence-corrected chi connectivity index (χ1v) is 7.42. The van der Waals surface area contributed by atoms with Gasteiger partial charge in [-0.15, -0.1) is 0 Å². The molecule has 0 saturated heterocycles. The predicted molar refractivity (Wildman–Crippen MR) is 77.1 cm³/mol. The van der Waals surface area contributed by atoms with Crippen LogP contribution in [0, 0.1) is 0 Å². The summed E-state index contributed by atoms with van der Waals surface area (Å²) in [6.45, 7) is 3.06. The Hall–Kier alpha value is -0.900. The number of ether oxygens (including phenoxy) is 1. The molecule has 0 aliphatic heterocycles. The molecule has 0 saturated carbocycles. The van der Waals surface area contributed by atoms with Gasteiger partial charge in [0.2, 0.25) is 5.91 Å². The second-order valence-electron chi connectivity index (χ2n) is 4.99. The fourth-order valence-electron chi connectivity index (χ4n) is 1.94. The molecular weight excluding hydrogens is 242 g/mol. The van der Waals surface area contributed by atoms with E-state index in [0.717, 1.165) is 64.5 Å². The minimum Gasteiger partial charge on any atom is -0.385 e. The lowest BCUT2D eigenvalue weighted by Crippen LogP contribution is -2.20. The van der Waals surface area contributed by atoms with Gasteiger partial charge in [0.1, 0.15) is 5.78 Å². The Morgan fingerprint density at radius 1 is 0.895 bits per heavy atom. The smallest absolute Gasteiger partial charge is 0.216 e. The van der Waals surface area contributed by atoms with Crippen molar-refractivity contribution < 1.29 is 14.3 Å². The van der Waals surface area contributed by atoms with Crippen molar-refractivity contribution in [1.82, 2.24) is 5.32 Å². The van der Waals surface area contributed by atoms with E-state index in [-0.39, 0.29) is 5.91 Å². The summed E-state index contributed by atoms with van der Waals surface area (Å²) in [4.78, 5) is 22.2. The van der Waals surface area contributed by atoms with Gasteiger partial charge in [-0.2, -0.15) is 0 Å². The second-order valence-corrected chi connectivity index (χ2v) is 4.99. The highest BCUT2D eigenvalue weighted by Gasteiger charge is 2.01. The molecule has 112 valence electrons. The van der Waals surface area contributed by atoms with E-state index < -0.39 is 0 Å². The SMILES string of the molecule is COCCCCC(=O)CCCCCCCNC(C)=O. The molecule has 1 amide bonds. The second kappa shape index (κ2) is 13.5. The molecule has 0 radical (unpaired) electrons. The lowest BCUT2D eigenvalue weighted by atomic mass is 10.1. The summed E-state index contributed by atoms with van der Waals surface area (Å²) in [6, 6.07) is 0. The molecule has 1 N–H and O–H groups in total. The average molecular weight is 271 g/mol. The van der Waals surface area contributed by atoms with E-state index in [0.29, 0.717) is 12.2 Å². The van der Waals surface area contributed by atoms with Crippen LogP contribution in [0.15, 0.2) is 0 Å². The highest BCUT2D eigenvalue weighted by Crippen LogP contribution is 2.08. The molecular formula is C15H29NO3. The van der Waals surface area contributed by atoms with Gasteiger partial charge in [0.05, 0.1) is 0 Å². The molecule has 0 bridgehead atoms. The summed E-state index contributed by atoms with van der Waals surface area (Å²) >= 11 is 0. The van der Waals surface area contributed by atoms with Crippen molar-refractivity contribution in [2.45, 2.75) is 64.7 Å². The van der Waals surface area contributed by atoms with Gasteiger partial charge < -0.3 is 10.1 Å². The molecule has 4 nitrogen and oxygen atoms in total. The van der Waals surface area contributed by atoms with Crippen molar-refractivity contribution in [2.75, 3.05) is 20.3 Å². The van der Waals surface area contributed by atoms with E-state index in [9.17, 15) is 9.59 Å². The quantitative estimate of drug-likeness (QED) is 0.524. The molecule has 0 aromatic carbocycles. The van der Waals surface area contributed by atoms with E-state index >= 15 is 0 Å². The Kier molecular flexibility index (Phi) is 12.9. The highest BCUT2D eigenvalue weighted by atomic mass is 16.5. The highest BCUT2D eigenvalue weighted by molar-refractivity contribution is 5.78. The Labute approximate surface area is 117 Å². The fourth-order valence-corrected chi connectivity index (χ4v) is 1.94. The summed E-state index contributed by atoms with van der Waals surface area (Å²) in [7, 11) is 1.69. The van der Waals surface area contributed by atoms with Gasteiger partial charge in [-0.05, 0) is 25.7 Å². The van der Waals surface area contributed by atoms with Crippen LogP contribution in [-0.2, 0) is 14.3 Å². The number of ketones is 1. The van der Waals surface area contributed by atoms with Crippen molar-refractivity contribution >= 4 is 11.7 Å². The number of nitrogens with one attached hydrogen (secondary N) is 1. The summed E-state index contributed by atoms with van der Waals surface area (Å²) in [5.74, 6) is 0.424. The van der Waals surface area contributed by atoms with Crippen molar-refractivity contribution in [3.63, 3.8) is 0 Å². The van der Waals surface area contributed by atoms with Crippen LogP contribution in [0.1, 0.15) is 64.7 Å². The van der Waals surface area contributed by atoms with E-state index in [1.807, 2.05) is 0 Å². The molecule has 0 aromatic rings. The number of carbonyl (C=O) groups excluding carboxylic acids is 2. The van der Waals surface area contributed by atoms with Crippen molar-refractivity contribution in [3.05, 3.63) is 0 Å². The number of unbranched alkanes of at least 4 members (excludes halogenated alkanes) is 5. The molecule has 0 aliphatic rings. The zero-order valence-electron chi connectivity index (χ0n) is 12.5. The van der Waals surface area contributed by atoms with E-state index in [2.05, 4.69) is 5.32 Å². The zero-order valence-corrected chi connectivity index (χ0v) is 12.5. The topological polar surface area (TPSA) is 55.4 Å². The van der Waals surface area contributed by atoms with Crippen molar-refractivity contribution in [3.8, 4) is 0 Å². The average Bonchev–Trinajstić information content (AvgIpc) is 2.37. The Morgan fingerprint density at radius 3 is 2.11 bits per heavy atom. The van der Waals surface area contributed by atoms with Crippen LogP contribution in [0.2, 0.25) is 0 Å². The van der Waals surface area contributed by atoms with Gasteiger partial charge >= 0.3 is 0 Å². The molecule has 0 fully saturated rings. The first kappa shape index (κ1) is 18.1. The lowest BCUT2D eigenvalue weighted by Gasteiger charge is -2.03. The Morgan fingerprint density at radius 2 is 1.47 bits per heavy atom. The van der Waals surface area contributed by atoms with Gasteiger partial charge in [-0.1, -0.05) is 19.3 Å². The third kappa shape index (κ3) is 15.0. The van der Waals surface area contributed by atoms with Gasteiger partial charge in [-0.3, -0.25) is 9.59 Å². The maximum atomic E-state index is 11.5. The number of carbonyl (C=O) groups is 2. The van der Waals surface area contributed by atoms with Gasteiger partial charge in [0.15, 0.2) is 0 Å². The monoisotopic (exact) mass is 271 g/mol. The van der Waals surface area contributed by atoms with Crippen LogP contribution in [0.25, 0.3) is 0 Å². The number of hydrogen-bond acceptors (Lipinski definition) is 3. The maximum absolute atomic E-state index is 11.5. The minimum atomic E-state index is 0.0408. The molecule has 0 spiro atoms. The van der Waals surface area contributed by atoms with Crippen LogP contribution >= 0.6 is 0 Å². The molecule has 0 aliphatic carbocycles. The molecule has 4 heteroatoms. The number of Topliss-reactive ketones (excluding diaryl/α,β-unsaturated/α-hetero) is 1. The van der Waals surface area contributed by atoms with Crippen LogP contribution in [0.4, 0.5) is 0 Å². The standard InChI is InChI=1S/C15H29NO3/c1-14(17)16-12-8-5-3-4-6-10-15(18)11-7-9-13-19-2/h3-13H2,1-2H3,(H,16,17). The Balaban J connectivity index is 3.16. The largest absolute Gasteiger partial charge is 0.385 e. The summed E-state index contributed by atoms with van der Waals surface area (Å²) < 4.78 is 4.95. The predicted octanol–water partition coefficient (Wildman–Crippen LogP) is 2.85. The van der Waals surface area contributed by atoms with Crippen LogP contribution < -0.4 is 5.32 Å². The molecule has 19 heavy (non-hydrogen) atoms. The number of rotatable bonds is 13. The normalized spacial score (nSPS) is 10.4. The van der Waals surface area contributed by atoms with Crippen LogP contribution in [0.3, 0.4) is 0 Å². The van der Waals surface area contributed by atoms with Gasteiger partial charge in [0, 0.05) is 40.0 Å². The number of hydrogen-bond donors (Lipinski definition) is 1. The van der Waals surface area contributed by atoms with E-state index in [1.165, 1.54) is 6.92 Å². The maximum Gasteiger partial charge on any atom is 0.216 e. The Bertz CT molecular complexity index is 242. The molecule has 0 heterocycles. The molecule has 0 unspecified atom stereocenters. The third-order valence-corrected chi connectivity index (χ3v) is 3.06. The summed E-state index contributed by atoms with van der Waals surface area (Å²) in [5, 5.41) is 2.78. The molecule has 0 rings (SSSR count). The van der Waals surface area contributed by atoms with Crippen molar-refractivity contribution in [2.24, 2.45) is 0 Å². The minimum absolute atomic E-state index is 0.0408. The van der Waals surface area contributed by atoms with Crippen molar-refractivity contribution in [1.29, 1.82) is 0 Å². The molecule has 0 aromatic heterocycles. The number of amides is 1. The fraction of sp³-hybridized carbons (Fsp3) is 0.867. The lowest BCUT2D eigenvalue weighted by molar-refractivity contribution is -0.120. The van der Waals surface area contributed by atoms with Gasteiger partial charge in [-0.25, -0.2) is 0 Å². The van der Waals surface area contributed by atoms with Gasteiger partial charge in [0.25, 0.3) is 0 Å².